The van der Waals surface area contributed by atoms with Gasteiger partial charge in [-0.05, 0) is 18.1 Å². The number of benzene rings is 1. The summed E-state index contributed by atoms with van der Waals surface area (Å²) in [5.74, 6) is 0.583. The van der Waals surface area contributed by atoms with Gasteiger partial charge in [-0.1, -0.05) is 57.5 Å². The number of fused-ring (bicyclic) bond motifs is 3. The van der Waals surface area contributed by atoms with E-state index in [2.05, 4.69) is 68.8 Å². The quantitative estimate of drug-likeness (QED) is 0.670. The second-order valence-corrected chi connectivity index (χ2v) is 6.31. The molecule has 0 spiro atoms. The highest BCUT2D eigenvalue weighted by Gasteiger charge is 2.33. The van der Waals surface area contributed by atoms with Gasteiger partial charge in [0.25, 0.3) is 0 Å². The highest BCUT2D eigenvalue weighted by atomic mass is 15.0. The molecule has 0 saturated carbocycles. The van der Waals surface area contributed by atoms with E-state index in [1.54, 1.807) is 5.56 Å². The number of aromatic nitrogens is 1. The molecule has 19 heavy (non-hydrogen) atoms. The zero-order valence-corrected chi connectivity index (χ0v) is 12.4. The van der Waals surface area contributed by atoms with Crippen molar-refractivity contribution in [3.8, 4) is 0 Å². The molecule has 0 bridgehead atoms. The highest BCUT2D eigenvalue weighted by molar-refractivity contribution is 5.87. The van der Waals surface area contributed by atoms with Gasteiger partial charge in [-0.15, -0.1) is 0 Å². The van der Waals surface area contributed by atoms with Crippen molar-refractivity contribution >= 4 is 10.9 Å². The molecule has 1 aromatic carbocycles. The summed E-state index contributed by atoms with van der Waals surface area (Å²) in [6.45, 7) is 6.92. The predicted molar refractivity (Wildman–Crippen MR) is 82.7 cm³/mol. The fourth-order valence-electron chi connectivity index (χ4n) is 3.66. The lowest BCUT2D eigenvalue weighted by molar-refractivity contribution is 0.565. The lowest BCUT2D eigenvalue weighted by atomic mass is 9.75. The van der Waals surface area contributed by atoms with Gasteiger partial charge in [0, 0.05) is 35.0 Å². The van der Waals surface area contributed by atoms with Gasteiger partial charge in [0.1, 0.15) is 0 Å². The first-order chi connectivity index (χ1) is 9.06. The van der Waals surface area contributed by atoms with Gasteiger partial charge in [0.05, 0.1) is 0 Å². The molecule has 0 radical (unpaired) electrons. The summed E-state index contributed by atoms with van der Waals surface area (Å²) in [6.07, 6.45) is 7.30. The van der Waals surface area contributed by atoms with Crippen LogP contribution < -0.4 is 0 Å². The van der Waals surface area contributed by atoms with E-state index in [1.807, 2.05) is 0 Å². The Bertz CT molecular complexity index is 643. The van der Waals surface area contributed by atoms with Gasteiger partial charge in [0.2, 0.25) is 0 Å². The summed E-state index contributed by atoms with van der Waals surface area (Å²) >= 11 is 0. The number of allylic oxidation sites excluding steroid dienone is 2. The molecule has 1 aromatic heterocycles. The maximum absolute atomic E-state index is 2.43. The number of hydrogen-bond acceptors (Lipinski definition) is 0. The Hall–Kier alpha value is -1.50. The van der Waals surface area contributed by atoms with Crippen molar-refractivity contribution in [2.45, 2.75) is 44.9 Å². The van der Waals surface area contributed by atoms with Crippen LogP contribution in [0.2, 0.25) is 0 Å². The molecule has 0 N–H and O–H groups in total. The van der Waals surface area contributed by atoms with Gasteiger partial charge in [-0.3, -0.25) is 0 Å². The molecule has 1 heterocycles. The zero-order chi connectivity index (χ0) is 13.6. The summed E-state index contributed by atoms with van der Waals surface area (Å²) in [5.41, 5.74) is 4.56. The Balaban J connectivity index is 2.35. The Labute approximate surface area is 115 Å². The van der Waals surface area contributed by atoms with Gasteiger partial charge in [-0.25, -0.2) is 0 Å². The zero-order valence-electron chi connectivity index (χ0n) is 12.4. The Kier molecular flexibility index (Phi) is 2.81. The number of hydrogen-bond donors (Lipinski definition) is 0. The molecule has 100 valence electrons. The van der Waals surface area contributed by atoms with Crippen LogP contribution in [0.5, 0.6) is 0 Å². The maximum Gasteiger partial charge on any atom is 0.0483 e. The van der Waals surface area contributed by atoms with E-state index in [9.17, 15) is 0 Å². The van der Waals surface area contributed by atoms with Crippen LogP contribution in [0.1, 0.15) is 50.8 Å². The fraction of sp³-hybridized carbons (Fsp3) is 0.444. The number of nitrogens with zero attached hydrogens (tertiary/aromatic N) is 1. The molecule has 1 aliphatic rings. The third kappa shape index (κ3) is 1.75. The maximum atomic E-state index is 2.43. The van der Waals surface area contributed by atoms with E-state index < -0.39 is 0 Å². The van der Waals surface area contributed by atoms with Crippen LogP contribution in [0.3, 0.4) is 0 Å². The van der Waals surface area contributed by atoms with Crippen molar-refractivity contribution in [2.75, 3.05) is 0 Å². The SMILES string of the molecule is CCCC1C=CC(C)(C)c2c1c1ccccc1n2C. The molecule has 1 heteroatoms. The van der Waals surface area contributed by atoms with E-state index in [4.69, 9.17) is 0 Å². The lowest BCUT2D eigenvalue weighted by Gasteiger charge is -2.31. The molecular weight excluding hydrogens is 230 g/mol. The first-order valence-corrected chi connectivity index (χ1v) is 7.33. The minimum atomic E-state index is 0.132. The van der Waals surface area contributed by atoms with Crippen molar-refractivity contribution in [1.82, 2.24) is 4.57 Å². The monoisotopic (exact) mass is 253 g/mol. The van der Waals surface area contributed by atoms with Gasteiger partial charge in [-0.2, -0.15) is 0 Å². The average Bonchev–Trinajstić information content (AvgIpc) is 2.69. The van der Waals surface area contributed by atoms with Crippen LogP contribution in [0.25, 0.3) is 10.9 Å². The molecule has 1 atom stereocenters. The van der Waals surface area contributed by atoms with E-state index >= 15 is 0 Å². The first-order valence-electron chi connectivity index (χ1n) is 7.33. The van der Waals surface area contributed by atoms with Gasteiger partial charge >= 0.3 is 0 Å². The first kappa shape index (κ1) is 12.5. The van der Waals surface area contributed by atoms with Gasteiger partial charge in [0.15, 0.2) is 0 Å². The van der Waals surface area contributed by atoms with Crippen molar-refractivity contribution in [3.05, 3.63) is 47.7 Å². The van der Waals surface area contributed by atoms with Crippen molar-refractivity contribution in [1.29, 1.82) is 0 Å². The third-order valence-corrected chi connectivity index (χ3v) is 4.47. The van der Waals surface area contributed by atoms with Crippen LogP contribution in [0.15, 0.2) is 36.4 Å². The molecule has 0 amide bonds. The summed E-state index contributed by atoms with van der Waals surface area (Å²) in [6, 6.07) is 8.83. The number of rotatable bonds is 2. The van der Waals surface area contributed by atoms with E-state index in [1.165, 1.54) is 29.4 Å². The fourth-order valence-corrected chi connectivity index (χ4v) is 3.66. The standard InChI is InChI=1S/C18H23N/c1-5-8-13-11-12-18(2,3)17-16(13)14-9-6-7-10-15(14)19(17)4/h6-7,9-13H,5,8H2,1-4H3. The highest BCUT2D eigenvalue weighted by Crippen LogP contribution is 2.44. The Morgan fingerprint density at radius 2 is 1.95 bits per heavy atom. The molecule has 0 aliphatic heterocycles. The summed E-state index contributed by atoms with van der Waals surface area (Å²) in [4.78, 5) is 0. The summed E-state index contributed by atoms with van der Waals surface area (Å²) in [5, 5.41) is 1.44. The number of aryl methyl sites for hydroxylation is 1. The van der Waals surface area contributed by atoms with Gasteiger partial charge < -0.3 is 4.57 Å². The average molecular weight is 253 g/mol. The Morgan fingerprint density at radius 3 is 2.68 bits per heavy atom. The normalized spacial score (nSPS) is 20.7. The van der Waals surface area contributed by atoms with Crippen LogP contribution in [0.4, 0.5) is 0 Å². The van der Waals surface area contributed by atoms with Crippen LogP contribution in [0, 0.1) is 0 Å². The molecule has 2 aromatic rings. The molecule has 1 aliphatic carbocycles. The smallest absolute Gasteiger partial charge is 0.0483 e. The lowest BCUT2D eigenvalue weighted by Crippen LogP contribution is -2.24. The van der Waals surface area contributed by atoms with Crippen LogP contribution >= 0.6 is 0 Å². The van der Waals surface area contributed by atoms with Crippen LogP contribution in [-0.4, -0.2) is 4.57 Å². The van der Waals surface area contributed by atoms with Crippen LogP contribution in [-0.2, 0) is 12.5 Å². The van der Waals surface area contributed by atoms with Crippen molar-refractivity contribution < 1.29 is 0 Å². The second-order valence-electron chi connectivity index (χ2n) is 6.31. The van der Waals surface area contributed by atoms with E-state index in [0.29, 0.717) is 5.92 Å². The Morgan fingerprint density at radius 1 is 1.21 bits per heavy atom. The predicted octanol–water partition coefficient (Wildman–Crippen LogP) is 4.91. The number of para-hydroxylation sites is 1. The van der Waals surface area contributed by atoms with E-state index in [0.717, 1.165) is 0 Å². The minimum Gasteiger partial charge on any atom is -0.347 e. The topological polar surface area (TPSA) is 4.93 Å². The van der Waals surface area contributed by atoms with Crippen molar-refractivity contribution in [2.24, 2.45) is 7.05 Å². The largest absolute Gasteiger partial charge is 0.347 e. The third-order valence-electron chi connectivity index (χ3n) is 4.47. The summed E-state index contributed by atoms with van der Waals surface area (Å²) < 4.78 is 2.40. The second kappa shape index (κ2) is 4.26. The summed E-state index contributed by atoms with van der Waals surface area (Å²) in [7, 11) is 2.21. The molecule has 1 unspecified atom stereocenters. The molecule has 0 fully saturated rings. The molecule has 3 rings (SSSR count). The van der Waals surface area contributed by atoms with E-state index in [-0.39, 0.29) is 5.41 Å². The molecule has 0 saturated heterocycles. The molecular formula is C18H23N. The molecule has 1 nitrogen and oxygen atoms in total. The van der Waals surface area contributed by atoms with Crippen molar-refractivity contribution in [3.63, 3.8) is 0 Å². The minimum absolute atomic E-state index is 0.132.